The highest BCUT2D eigenvalue weighted by atomic mass is 32.2. The van der Waals surface area contributed by atoms with E-state index in [4.69, 9.17) is 0 Å². The number of carbonyl (C=O) groups excluding carboxylic acids is 1. The Morgan fingerprint density at radius 2 is 1.83 bits per heavy atom. The fraction of sp³-hybridized carbons (Fsp3) is 0.636. The number of benzene rings is 1. The van der Waals surface area contributed by atoms with Crippen LogP contribution in [0.3, 0.4) is 0 Å². The molecule has 2 fully saturated rings. The quantitative estimate of drug-likeness (QED) is 0.405. The lowest BCUT2D eigenvalue weighted by atomic mass is 10.2. The number of rotatable bonds is 7. The molecule has 1 aromatic rings. The van der Waals surface area contributed by atoms with Crippen LogP contribution in [0.4, 0.5) is 4.39 Å². The zero-order valence-electron chi connectivity index (χ0n) is 18.1. The summed E-state index contributed by atoms with van der Waals surface area (Å²) in [4.78, 5) is 23.6. The summed E-state index contributed by atoms with van der Waals surface area (Å²) in [6.07, 6.45) is 2.26. The molecule has 1 atom stereocenters. The smallest absolute Gasteiger partial charge is 0.239 e. The highest BCUT2D eigenvalue weighted by molar-refractivity contribution is 7.98. The third kappa shape index (κ3) is 6.11. The summed E-state index contributed by atoms with van der Waals surface area (Å²) in [5.41, 5.74) is 0.751. The molecule has 8 heteroatoms. The van der Waals surface area contributed by atoms with Crippen molar-refractivity contribution in [2.24, 2.45) is 4.99 Å². The van der Waals surface area contributed by atoms with Gasteiger partial charge in [-0.25, -0.2) is 4.39 Å². The molecule has 2 saturated heterocycles. The van der Waals surface area contributed by atoms with E-state index >= 15 is 0 Å². The molecule has 2 aliphatic heterocycles. The summed E-state index contributed by atoms with van der Waals surface area (Å²) >= 11 is 1.71. The minimum atomic E-state index is -0.135. The van der Waals surface area contributed by atoms with Crippen molar-refractivity contribution in [3.05, 3.63) is 35.6 Å². The summed E-state index contributed by atoms with van der Waals surface area (Å²) in [5, 5.41) is 3.42. The predicted molar refractivity (Wildman–Crippen MR) is 122 cm³/mol. The van der Waals surface area contributed by atoms with Crippen molar-refractivity contribution < 1.29 is 9.18 Å². The first-order valence-electron chi connectivity index (χ1n) is 10.9. The second-order valence-corrected chi connectivity index (χ2v) is 8.95. The first kappa shape index (κ1) is 22.9. The van der Waals surface area contributed by atoms with E-state index in [-0.39, 0.29) is 17.8 Å². The van der Waals surface area contributed by atoms with E-state index in [0.29, 0.717) is 5.75 Å². The van der Waals surface area contributed by atoms with Crippen molar-refractivity contribution in [3.63, 3.8) is 0 Å². The van der Waals surface area contributed by atoms with Gasteiger partial charge in [0, 0.05) is 64.4 Å². The van der Waals surface area contributed by atoms with Crippen molar-refractivity contribution in [2.45, 2.75) is 31.6 Å². The van der Waals surface area contributed by atoms with Crippen molar-refractivity contribution in [2.75, 3.05) is 58.6 Å². The number of guanidine groups is 1. The predicted octanol–water partition coefficient (Wildman–Crippen LogP) is 2.26. The fourth-order valence-corrected chi connectivity index (χ4v) is 4.89. The van der Waals surface area contributed by atoms with Crippen LogP contribution < -0.4 is 5.32 Å². The van der Waals surface area contributed by atoms with Crippen LogP contribution in [0.15, 0.2) is 29.3 Å². The number of thioether (sulfide) groups is 1. The summed E-state index contributed by atoms with van der Waals surface area (Å²) in [5.74, 6) is 2.60. The van der Waals surface area contributed by atoms with E-state index in [9.17, 15) is 9.18 Å². The van der Waals surface area contributed by atoms with E-state index in [1.165, 1.54) is 6.07 Å². The topological polar surface area (TPSA) is 51.2 Å². The number of piperazine rings is 1. The van der Waals surface area contributed by atoms with E-state index < -0.39 is 0 Å². The third-order valence-electron chi connectivity index (χ3n) is 5.89. The lowest BCUT2D eigenvalue weighted by Crippen LogP contribution is -2.57. The van der Waals surface area contributed by atoms with Gasteiger partial charge in [-0.2, -0.15) is 11.8 Å². The summed E-state index contributed by atoms with van der Waals surface area (Å²) in [7, 11) is 1.81. The zero-order valence-corrected chi connectivity index (χ0v) is 19.0. The molecule has 0 spiro atoms. The molecule has 2 aliphatic rings. The van der Waals surface area contributed by atoms with Gasteiger partial charge in [0.2, 0.25) is 5.91 Å². The maximum Gasteiger partial charge on any atom is 0.239 e. The van der Waals surface area contributed by atoms with Gasteiger partial charge < -0.3 is 15.1 Å². The molecule has 0 aromatic heterocycles. The molecule has 30 heavy (non-hydrogen) atoms. The lowest BCUT2D eigenvalue weighted by molar-refractivity contribution is -0.135. The molecular formula is C22H34FN5OS. The van der Waals surface area contributed by atoms with Gasteiger partial charge >= 0.3 is 0 Å². The molecular weight excluding hydrogens is 401 g/mol. The Morgan fingerprint density at radius 1 is 1.13 bits per heavy atom. The Kier molecular flexibility index (Phi) is 8.81. The van der Waals surface area contributed by atoms with Crippen molar-refractivity contribution in [3.8, 4) is 0 Å². The van der Waals surface area contributed by atoms with Crippen LogP contribution in [-0.4, -0.2) is 91.2 Å². The maximum atomic E-state index is 13.7. The Labute approximate surface area is 183 Å². The monoisotopic (exact) mass is 435 g/mol. The highest BCUT2D eigenvalue weighted by Crippen LogP contribution is 2.15. The molecule has 1 unspecified atom stereocenters. The first-order chi connectivity index (χ1) is 14.6. The van der Waals surface area contributed by atoms with Crippen LogP contribution in [0.2, 0.25) is 0 Å². The molecule has 0 saturated carbocycles. The molecule has 166 valence electrons. The number of amides is 1. The Balaban J connectivity index is 1.36. The summed E-state index contributed by atoms with van der Waals surface area (Å²) < 4.78 is 13.7. The Hall–Kier alpha value is -1.80. The van der Waals surface area contributed by atoms with Crippen molar-refractivity contribution >= 4 is 23.6 Å². The maximum absolute atomic E-state index is 13.7. The number of likely N-dealkylation sites (tertiary alicyclic amines) is 1. The average Bonchev–Trinajstić information content (AvgIpc) is 3.31. The normalized spacial score (nSPS) is 19.2. The van der Waals surface area contributed by atoms with Gasteiger partial charge in [0.1, 0.15) is 5.82 Å². The Bertz CT molecular complexity index is 717. The second kappa shape index (κ2) is 11.6. The summed E-state index contributed by atoms with van der Waals surface area (Å²) in [6, 6.07) is 6.89. The van der Waals surface area contributed by atoms with E-state index in [0.717, 1.165) is 75.9 Å². The van der Waals surface area contributed by atoms with Crippen molar-refractivity contribution in [1.82, 2.24) is 20.0 Å². The number of carbonyl (C=O) groups is 1. The number of aliphatic imine (C=N–C) groups is 1. The number of nitrogens with one attached hydrogen (secondary N) is 1. The Morgan fingerprint density at radius 3 is 2.50 bits per heavy atom. The van der Waals surface area contributed by atoms with E-state index in [1.807, 2.05) is 24.0 Å². The van der Waals surface area contributed by atoms with E-state index in [1.54, 1.807) is 24.9 Å². The highest BCUT2D eigenvalue weighted by Gasteiger charge is 2.30. The SMILES string of the molecule is CN=C(NCCSCc1ccccc1F)N1CCN(C(C)C(=O)N2CCCC2)CC1. The summed E-state index contributed by atoms with van der Waals surface area (Å²) in [6.45, 7) is 8.10. The van der Waals surface area contributed by atoms with Gasteiger partial charge in [-0.15, -0.1) is 0 Å². The van der Waals surface area contributed by atoms with Crippen LogP contribution in [0.5, 0.6) is 0 Å². The third-order valence-corrected chi connectivity index (χ3v) is 6.90. The fourth-order valence-electron chi connectivity index (χ4n) is 4.04. The van der Waals surface area contributed by atoms with Crippen LogP contribution in [-0.2, 0) is 10.5 Å². The second-order valence-electron chi connectivity index (χ2n) is 7.85. The van der Waals surface area contributed by atoms with Gasteiger partial charge in [0.15, 0.2) is 5.96 Å². The molecule has 0 radical (unpaired) electrons. The number of nitrogens with zero attached hydrogens (tertiary/aromatic N) is 4. The molecule has 1 N–H and O–H groups in total. The van der Waals surface area contributed by atoms with Crippen LogP contribution in [0, 0.1) is 5.82 Å². The van der Waals surface area contributed by atoms with Crippen LogP contribution in [0.1, 0.15) is 25.3 Å². The minimum absolute atomic E-state index is 0.0463. The lowest BCUT2D eigenvalue weighted by Gasteiger charge is -2.39. The molecule has 3 rings (SSSR count). The molecule has 1 aromatic carbocycles. The van der Waals surface area contributed by atoms with Gasteiger partial charge in [-0.3, -0.25) is 14.7 Å². The average molecular weight is 436 g/mol. The first-order valence-corrected chi connectivity index (χ1v) is 12.0. The number of hydrogen-bond donors (Lipinski definition) is 1. The molecule has 1 amide bonds. The van der Waals surface area contributed by atoms with E-state index in [2.05, 4.69) is 20.1 Å². The number of halogens is 1. The van der Waals surface area contributed by atoms with Gasteiger partial charge in [0.05, 0.1) is 6.04 Å². The van der Waals surface area contributed by atoms with Gasteiger partial charge in [-0.05, 0) is 31.4 Å². The largest absolute Gasteiger partial charge is 0.355 e. The van der Waals surface area contributed by atoms with Crippen LogP contribution >= 0.6 is 11.8 Å². The number of hydrogen-bond acceptors (Lipinski definition) is 4. The molecule has 0 bridgehead atoms. The van der Waals surface area contributed by atoms with Gasteiger partial charge in [-0.1, -0.05) is 18.2 Å². The van der Waals surface area contributed by atoms with Crippen molar-refractivity contribution in [1.29, 1.82) is 0 Å². The minimum Gasteiger partial charge on any atom is -0.355 e. The van der Waals surface area contributed by atoms with Crippen LogP contribution in [0.25, 0.3) is 0 Å². The zero-order chi connectivity index (χ0) is 21.3. The molecule has 2 heterocycles. The van der Waals surface area contributed by atoms with Gasteiger partial charge in [0.25, 0.3) is 0 Å². The molecule has 6 nitrogen and oxygen atoms in total. The molecule has 0 aliphatic carbocycles. The standard InChI is InChI=1S/C22H34FN5OS/c1-18(21(29)27-10-5-6-11-27)26-12-14-28(15-13-26)22(24-2)25-9-16-30-17-19-7-3-4-8-20(19)23/h3-4,7-8,18H,5-6,9-17H2,1-2H3,(H,24,25).